The molecule has 0 aliphatic heterocycles. The SMILES string of the molecule is N#Cc1ccc(OCc2cc(F)ccc2C#N)cc1. The van der Waals surface area contributed by atoms with Gasteiger partial charge >= 0.3 is 0 Å². The average molecular weight is 252 g/mol. The van der Waals surface area contributed by atoms with E-state index < -0.39 is 5.82 Å². The number of hydrogen-bond acceptors (Lipinski definition) is 3. The Bertz CT molecular complexity index is 666. The fourth-order valence-corrected chi connectivity index (χ4v) is 1.58. The summed E-state index contributed by atoms with van der Waals surface area (Å²) in [7, 11) is 0. The minimum atomic E-state index is -0.405. The highest BCUT2D eigenvalue weighted by molar-refractivity contribution is 5.38. The molecule has 0 aliphatic rings. The van der Waals surface area contributed by atoms with Crippen molar-refractivity contribution < 1.29 is 9.13 Å². The molecule has 2 aromatic rings. The predicted molar refractivity (Wildman–Crippen MR) is 66.6 cm³/mol. The second-order valence-corrected chi connectivity index (χ2v) is 3.84. The first-order valence-electron chi connectivity index (χ1n) is 5.54. The number of halogens is 1. The molecule has 0 bridgehead atoms. The van der Waals surface area contributed by atoms with E-state index in [0.717, 1.165) is 0 Å². The molecule has 0 fully saturated rings. The molecule has 0 amide bonds. The van der Waals surface area contributed by atoms with Crippen LogP contribution in [0, 0.1) is 28.5 Å². The summed E-state index contributed by atoms with van der Waals surface area (Å²) in [5, 5.41) is 17.6. The number of hydrogen-bond donors (Lipinski definition) is 0. The fraction of sp³-hybridized carbons (Fsp3) is 0.0667. The molecular formula is C15H9FN2O. The first kappa shape index (κ1) is 12.6. The maximum absolute atomic E-state index is 13.1. The zero-order chi connectivity index (χ0) is 13.7. The summed E-state index contributed by atoms with van der Waals surface area (Å²) in [5.41, 5.74) is 1.41. The van der Waals surface area contributed by atoms with E-state index in [0.29, 0.717) is 22.4 Å². The van der Waals surface area contributed by atoms with Crippen molar-refractivity contribution in [2.24, 2.45) is 0 Å². The molecule has 92 valence electrons. The second kappa shape index (κ2) is 5.66. The molecule has 0 spiro atoms. The summed E-state index contributed by atoms with van der Waals surface area (Å²) in [6.45, 7) is 0.104. The molecule has 0 aromatic heterocycles. The Kier molecular flexibility index (Phi) is 3.75. The van der Waals surface area contributed by atoms with E-state index in [1.54, 1.807) is 24.3 Å². The summed E-state index contributed by atoms with van der Waals surface area (Å²) < 4.78 is 18.6. The molecule has 4 heteroatoms. The van der Waals surface area contributed by atoms with Gasteiger partial charge in [0.15, 0.2) is 0 Å². The highest BCUT2D eigenvalue weighted by atomic mass is 19.1. The maximum Gasteiger partial charge on any atom is 0.123 e. The highest BCUT2D eigenvalue weighted by Crippen LogP contribution is 2.16. The van der Waals surface area contributed by atoms with Gasteiger partial charge in [0.2, 0.25) is 0 Å². The summed E-state index contributed by atoms with van der Waals surface area (Å²) in [5.74, 6) is 0.157. The van der Waals surface area contributed by atoms with Crippen LogP contribution in [0.1, 0.15) is 16.7 Å². The lowest BCUT2D eigenvalue weighted by Crippen LogP contribution is -1.99. The minimum absolute atomic E-state index is 0.104. The van der Waals surface area contributed by atoms with Crippen molar-refractivity contribution in [3.8, 4) is 17.9 Å². The largest absolute Gasteiger partial charge is 0.489 e. The van der Waals surface area contributed by atoms with Gasteiger partial charge in [-0.25, -0.2) is 4.39 Å². The van der Waals surface area contributed by atoms with Crippen molar-refractivity contribution in [1.29, 1.82) is 10.5 Å². The molecule has 19 heavy (non-hydrogen) atoms. The summed E-state index contributed by atoms with van der Waals surface area (Å²) in [6, 6.07) is 14.5. The van der Waals surface area contributed by atoms with Crippen LogP contribution < -0.4 is 4.74 Å². The van der Waals surface area contributed by atoms with E-state index in [4.69, 9.17) is 15.3 Å². The molecule has 0 saturated heterocycles. The van der Waals surface area contributed by atoms with Gasteiger partial charge in [-0.2, -0.15) is 10.5 Å². The number of nitriles is 2. The average Bonchev–Trinajstić information content (AvgIpc) is 2.46. The van der Waals surface area contributed by atoms with Crippen LogP contribution >= 0.6 is 0 Å². The quantitative estimate of drug-likeness (QED) is 0.843. The summed E-state index contributed by atoms with van der Waals surface area (Å²) in [4.78, 5) is 0. The van der Waals surface area contributed by atoms with E-state index in [1.165, 1.54) is 18.2 Å². The Morgan fingerprint density at radius 3 is 2.37 bits per heavy atom. The zero-order valence-corrected chi connectivity index (χ0v) is 9.93. The third kappa shape index (κ3) is 3.08. The molecule has 3 nitrogen and oxygen atoms in total. The van der Waals surface area contributed by atoms with E-state index >= 15 is 0 Å². The van der Waals surface area contributed by atoms with Gasteiger partial charge in [0.1, 0.15) is 18.2 Å². The molecule has 0 aliphatic carbocycles. The van der Waals surface area contributed by atoms with E-state index in [-0.39, 0.29) is 6.61 Å². The third-order valence-electron chi connectivity index (χ3n) is 2.57. The van der Waals surface area contributed by atoms with Crippen molar-refractivity contribution in [2.45, 2.75) is 6.61 Å². The smallest absolute Gasteiger partial charge is 0.123 e. The van der Waals surface area contributed by atoms with Gasteiger partial charge in [0, 0.05) is 5.56 Å². The summed E-state index contributed by atoms with van der Waals surface area (Å²) >= 11 is 0. The van der Waals surface area contributed by atoms with Crippen LogP contribution in [0.15, 0.2) is 42.5 Å². The zero-order valence-electron chi connectivity index (χ0n) is 9.93. The number of rotatable bonds is 3. The molecule has 2 rings (SSSR count). The lowest BCUT2D eigenvalue weighted by Gasteiger charge is -2.07. The van der Waals surface area contributed by atoms with Crippen LogP contribution in [0.25, 0.3) is 0 Å². The molecular weight excluding hydrogens is 243 g/mol. The van der Waals surface area contributed by atoms with Gasteiger partial charge < -0.3 is 4.74 Å². The third-order valence-corrected chi connectivity index (χ3v) is 2.57. The number of benzene rings is 2. The normalized spacial score (nSPS) is 9.42. The predicted octanol–water partition coefficient (Wildman–Crippen LogP) is 3.15. The van der Waals surface area contributed by atoms with Crippen LogP contribution in [0.5, 0.6) is 5.75 Å². The van der Waals surface area contributed by atoms with Gasteiger partial charge in [0.25, 0.3) is 0 Å². The number of ether oxygens (including phenoxy) is 1. The molecule has 0 heterocycles. The topological polar surface area (TPSA) is 56.8 Å². The van der Waals surface area contributed by atoms with Crippen molar-refractivity contribution in [1.82, 2.24) is 0 Å². The molecule has 0 saturated carbocycles. The van der Waals surface area contributed by atoms with Gasteiger partial charge in [-0.3, -0.25) is 0 Å². The second-order valence-electron chi connectivity index (χ2n) is 3.84. The Hall–Kier alpha value is -2.85. The first-order chi connectivity index (χ1) is 9.22. The Balaban J connectivity index is 2.12. The van der Waals surface area contributed by atoms with Crippen molar-refractivity contribution in [2.75, 3.05) is 0 Å². The first-order valence-corrected chi connectivity index (χ1v) is 5.54. The maximum atomic E-state index is 13.1. The lowest BCUT2D eigenvalue weighted by atomic mass is 10.1. The van der Waals surface area contributed by atoms with Crippen LogP contribution in [0.2, 0.25) is 0 Å². The monoisotopic (exact) mass is 252 g/mol. The molecule has 0 N–H and O–H groups in total. The van der Waals surface area contributed by atoms with Crippen molar-refractivity contribution >= 4 is 0 Å². The van der Waals surface area contributed by atoms with Crippen molar-refractivity contribution in [3.05, 3.63) is 65.0 Å². The van der Waals surface area contributed by atoms with E-state index in [2.05, 4.69) is 0 Å². The van der Waals surface area contributed by atoms with Gasteiger partial charge in [-0.15, -0.1) is 0 Å². The fourth-order valence-electron chi connectivity index (χ4n) is 1.58. The number of nitrogens with zero attached hydrogens (tertiary/aromatic N) is 2. The van der Waals surface area contributed by atoms with Crippen LogP contribution in [0.4, 0.5) is 4.39 Å². The van der Waals surface area contributed by atoms with Gasteiger partial charge in [-0.1, -0.05) is 0 Å². The Labute approximate surface area is 110 Å². The molecule has 0 radical (unpaired) electrons. The van der Waals surface area contributed by atoms with E-state index in [1.807, 2.05) is 12.1 Å². The standard InChI is InChI=1S/C15H9FN2O/c16-14-4-3-12(9-18)13(7-14)10-19-15-5-1-11(8-17)2-6-15/h1-7H,10H2. The van der Waals surface area contributed by atoms with Gasteiger partial charge in [-0.05, 0) is 42.5 Å². The molecule has 2 aromatic carbocycles. The molecule has 0 atom stereocenters. The highest BCUT2D eigenvalue weighted by Gasteiger charge is 2.05. The van der Waals surface area contributed by atoms with Crippen molar-refractivity contribution in [3.63, 3.8) is 0 Å². The summed E-state index contributed by atoms with van der Waals surface area (Å²) in [6.07, 6.45) is 0. The van der Waals surface area contributed by atoms with Crippen LogP contribution in [-0.2, 0) is 6.61 Å². The van der Waals surface area contributed by atoms with Gasteiger partial charge in [0.05, 0.1) is 23.3 Å². The van der Waals surface area contributed by atoms with E-state index in [9.17, 15) is 4.39 Å². The minimum Gasteiger partial charge on any atom is -0.489 e. The molecule has 0 unspecified atom stereocenters. The van der Waals surface area contributed by atoms with Crippen LogP contribution in [0.3, 0.4) is 0 Å². The Morgan fingerprint density at radius 1 is 1.00 bits per heavy atom. The van der Waals surface area contributed by atoms with Crippen LogP contribution in [-0.4, -0.2) is 0 Å². The lowest BCUT2D eigenvalue weighted by molar-refractivity contribution is 0.305. The Morgan fingerprint density at radius 2 is 1.74 bits per heavy atom.